The lowest BCUT2D eigenvalue weighted by atomic mass is 10.1. The van der Waals surface area contributed by atoms with Crippen molar-refractivity contribution in [2.75, 3.05) is 19.6 Å². The number of rotatable bonds is 2. The van der Waals surface area contributed by atoms with E-state index in [0.717, 1.165) is 29.6 Å². The van der Waals surface area contributed by atoms with E-state index in [0.29, 0.717) is 18.1 Å². The zero-order chi connectivity index (χ0) is 12.5. The number of nitrogens with one attached hydrogen (secondary N) is 2. The molecule has 2 heterocycles. The third kappa shape index (κ3) is 1.98. The Hall–Kier alpha value is -1.52. The minimum absolute atomic E-state index is 0.151. The van der Waals surface area contributed by atoms with Crippen molar-refractivity contribution in [3.05, 3.63) is 35.0 Å². The van der Waals surface area contributed by atoms with E-state index in [4.69, 9.17) is 11.6 Å². The fourth-order valence-corrected chi connectivity index (χ4v) is 2.55. The maximum absolute atomic E-state index is 11.8. The number of piperazine rings is 1. The van der Waals surface area contributed by atoms with E-state index < -0.39 is 0 Å². The Kier molecular flexibility index (Phi) is 2.97. The fraction of sp³-hybridized carbons (Fsp3) is 0.308. The Bertz CT molecular complexity index is 593. The first-order valence-corrected chi connectivity index (χ1v) is 6.36. The lowest BCUT2D eigenvalue weighted by Gasteiger charge is -2.27. The van der Waals surface area contributed by atoms with Gasteiger partial charge >= 0.3 is 0 Å². The molecule has 0 atom stereocenters. The first-order chi connectivity index (χ1) is 8.75. The van der Waals surface area contributed by atoms with Gasteiger partial charge in [0.25, 0.3) is 0 Å². The predicted octanol–water partition coefficient (Wildman–Crippen LogP) is 1.75. The Balaban J connectivity index is 1.91. The smallest absolute Gasteiger partial charge is 0.236 e. The number of nitrogens with zero attached hydrogens (tertiary/aromatic N) is 1. The van der Waals surface area contributed by atoms with Crippen LogP contribution in [-0.4, -0.2) is 35.4 Å². The molecule has 1 aromatic carbocycles. The van der Waals surface area contributed by atoms with Gasteiger partial charge in [-0.2, -0.15) is 0 Å². The maximum atomic E-state index is 11.8. The summed E-state index contributed by atoms with van der Waals surface area (Å²) >= 11 is 6.12. The molecule has 4 nitrogen and oxygen atoms in total. The first-order valence-electron chi connectivity index (χ1n) is 5.98. The highest BCUT2D eigenvalue weighted by Crippen LogP contribution is 2.26. The molecule has 1 fully saturated rings. The average Bonchev–Trinajstić information content (AvgIpc) is 2.77. The van der Waals surface area contributed by atoms with Gasteiger partial charge in [-0.1, -0.05) is 23.7 Å². The third-order valence-electron chi connectivity index (χ3n) is 3.30. The van der Waals surface area contributed by atoms with E-state index in [-0.39, 0.29) is 5.91 Å². The van der Waals surface area contributed by atoms with Crippen LogP contribution in [0.3, 0.4) is 0 Å². The van der Waals surface area contributed by atoms with E-state index >= 15 is 0 Å². The Labute approximate surface area is 110 Å². The molecule has 0 bridgehead atoms. The molecule has 3 rings (SSSR count). The van der Waals surface area contributed by atoms with Crippen LogP contribution >= 0.6 is 11.6 Å². The van der Waals surface area contributed by atoms with E-state index in [1.807, 2.05) is 29.3 Å². The Morgan fingerprint density at radius 3 is 3.11 bits per heavy atom. The quantitative estimate of drug-likeness (QED) is 0.867. The average molecular weight is 264 g/mol. The molecular formula is C13H14ClN3O. The molecule has 0 unspecified atom stereocenters. The van der Waals surface area contributed by atoms with Gasteiger partial charge in [0.15, 0.2) is 0 Å². The number of aromatic nitrogens is 1. The number of hydrogen-bond donors (Lipinski definition) is 2. The number of amides is 1. The van der Waals surface area contributed by atoms with Crippen molar-refractivity contribution in [1.29, 1.82) is 0 Å². The zero-order valence-electron chi connectivity index (χ0n) is 9.87. The molecular weight excluding hydrogens is 250 g/mol. The monoisotopic (exact) mass is 263 g/mol. The molecule has 1 aliphatic rings. The summed E-state index contributed by atoms with van der Waals surface area (Å²) in [7, 11) is 0. The molecule has 2 N–H and O–H groups in total. The third-order valence-corrected chi connectivity index (χ3v) is 3.61. The van der Waals surface area contributed by atoms with Gasteiger partial charge in [-0.3, -0.25) is 4.79 Å². The van der Waals surface area contributed by atoms with Crippen LogP contribution in [0.4, 0.5) is 0 Å². The molecule has 94 valence electrons. The number of H-pyrrole nitrogens is 1. The van der Waals surface area contributed by atoms with Crippen molar-refractivity contribution in [3.8, 4) is 0 Å². The summed E-state index contributed by atoms with van der Waals surface area (Å²) < 4.78 is 0. The molecule has 1 aliphatic heterocycles. The molecule has 2 aromatic rings. The van der Waals surface area contributed by atoms with Gasteiger partial charge in [0.1, 0.15) is 0 Å². The van der Waals surface area contributed by atoms with Crippen LogP contribution in [0, 0.1) is 0 Å². The van der Waals surface area contributed by atoms with Crippen LogP contribution in [0.2, 0.25) is 5.02 Å². The summed E-state index contributed by atoms with van der Waals surface area (Å²) in [6.07, 6.45) is 1.94. The molecule has 0 spiro atoms. The summed E-state index contributed by atoms with van der Waals surface area (Å²) in [5, 5.41) is 4.88. The molecule has 0 aliphatic carbocycles. The highest BCUT2D eigenvalue weighted by molar-refractivity contribution is 6.35. The summed E-state index contributed by atoms with van der Waals surface area (Å²) in [6, 6.07) is 5.82. The van der Waals surface area contributed by atoms with Crippen molar-refractivity contribution < 1.29 is 4.79 Å². The van der Waals surface area contributed by atoms with Gasteiger partial charge in [0, 0.05) is 31.2 Å². The normalized spacial score (nSPS) is 16.5. The number of para-hydroxylation sites is 1. The van der Waals surface area contributed by atoms with Crippen molar-refractivity contribution in [2.45, 2.75) is 6.54 Å². The van der Waals surface area contributed by atoms with Crippen LogP contribution in [0.5, 0.6) is 0 Å². The fourth-order valence-electron chi connectivity index (χ4n) is 2.32. The van der Waals surface area contributed by atoms with Gasteiger partial charge in [0.2, 0.25) is 5.91 Å². The lowest BCUT2D eigenvalue weighted by Crippen LogP contribution is -2.47. The number of carbonyl (C=O) groups excluding carboxylic acids is 1. The largest absolute Gasteiger partial charge is 0.360 e. The highest BCUT2D eigenvalue weighted by atomic mass is 35.5. The molecule has 5 heteroatoms. The van der Waals surface area contributed by atoms with Crippen LogP contribution in [0.1, 0.15) is 5.56 Å². The number of carbonyl (C=O) groups is 1. The van der Waals surface area contributed by atoms with Crippen molar-refractivity contribution in [3.63, 3.8) is 0 Å². The zero-order valence-corrected chi connectivity index (χ0v) is 10.6. The van der Waals surface area contributed by atoms with Gasteiger partial charge in [-0.05, 0) is 11.6 Å². The topological polar surface area (TPSA) is 48.1 Å². The molecule has 1 amide bonds. The lowest BCUT2D eigenvalue weighted by molar-refractivity contribution is -0.132. The summed E-state index contributed by atoms with van der Waals surface area (Å²) in [5.41, 5.74) is 2.06. The van der Waals surface area contributed by atoms with E-state index in [1.165, 1.54) is 0 Å². The van der Waals surface area contributed by atoms with Crippen LogP contribution in [-0.2, 0) is 11.3 Å². The molecule has 0 saturated carbocycles. The van der Waals surface area contributed by atoms with Gasteiger partial charge in [-0.15, -0.1) is 0 Å². The summed E-state index contributed by atoms with van der Waals surface area (Å²) in [6.45, 7) is 2.69. The van der Waals surface area contributed by atoms with E-state index in [1.54, 1.807) is 0 Å². The number of benzene rings is 1. The van der Waals surface area contributed by atoms with Crippen molar-refractivity contribution >= 4 is 28.4 Å². The standard InChI is InChI=1S/C13H14ClN3O/c14-11-3-1-2-10-9(6-16-13(10)11)8-17-5-4-15-7-12(17)18/h1-3,6,15-16H,4-5,7-8H2. The minimum Gasteiger partial charge on any atom is -0.360 e. The van der Waals surface area contributed by atoms with Gasteiger partial charge < -0.3 is 15.2 Å². The predicted molar refractivity (Wildman–Crippen MR) is 71.6 cm³/mol. The number of hydrogen-bond acceptors (Lipinski definition) is 2. The molecule has 0 radical (unpaired) electrons. The maximum Gasteiger partial charge on any atom is 0.236 e. The second-order valence-corrected chi connectivity index (χ2v) is 4.88. The highest BCUT2D eigenvalue weighted by Gasteiger charge is 2.19. The van der Waals surface area contributed by atoms with Crippen LogP contribution in [0.25, 0.3) is 10.9 Å². The Morgan fingerprint density at radius 2 is 2.28 bits per heavy atom. The van der Waals surface area contributed by atoms with Gasteiger partial charge in [0.05, 0.1) is 17.1 Å². The van der Waals surface area contributed by atoms with Crippen molar-refractivity contribution in [2.24, 2.45) is 0 Å². The van der Waals surface area contributed by atoms with Crippen LogP contribution in [0.15, 0.2) is 24.4 Å². The second-order valence-electron chi connectivity index (χ2n) is 4.47. The first kappa shape index (κ1) is 11.6. The molecule has 1 aromatic heterocycles. The Morgan fingerprint density at radius 1 is 1.39 bits per heavy atom. The second kappa shape index (κ2) is 4.63. The van der Waals surface area contributed by atoms with Crippen LogP contribution < -0.4 is 5.32 Å². The summed E-state index contributed by atoms with van der Waals surface area (Å²) in [5.74, 6) is 0.151. The minimum atomic E-state index is 0.151. The number of aromatic amines is 1. The number of fused-ring (bicyclic) bond motifs is 1. The number of halogens is 1. The van der Waals surface area contributed by atoms with Gasteiger partial charge in [-0.25, -0.2) is 0 Å². The van der Waals surface area contributed by atoms with E-state index in [2.05, 4.69) is 10.3 Å². The summed E-state index contributed by atoms with van der Waals surface area (Å²) in [4.78, 5) is 16.8. The molecule has 1 saturated heterocycles. The molecule has 18 heavy (non-hydrogen) atoms. The van der Waals surface area contributed by atoms with E-state index in [9.17, 15) is 4.79 Å². The van der Waals surface area contributed by atoms with Crippen molar-refractivity contribution in [1.82, 2.24) is 15.2 Å². The SMILES string of the molecule is O=C1CNCCN1Cc1c[nH]c2c(Cl)cccc12.